The number of carbonyl (C=O) groups excluding carboxylic acids is 1. The lowest BCUT2D eigenvalue weighted by atomic mass is 9.70. The van der Waals surface area contributed by atoms with Gasteiger partial charge in [0.05, 0.1) is 5.41 Å². The maximum absolute atomic E-state index is 13.7. The highest BCUT2D eigenvalue weighted by Crippen LogP contribution is 2.38. The second-order valence-electron chi connectivity index (χ2n) is 6.09. The van der Waals surface area contributed by atoms with Crippen molar-refractivity contribution in [1.29, 1.82) is 0 Å². The number of amides is 1. The zero-order chi connectivity index (χ0) is 15.5. The first-order valence-electron chi connectivity index (χ1n) is 7.39. The van der Waals surface area contributed by atoms with Crippen molar-refractivity contribution in [2.45, 2.75) is 39.2 Å². The van der Waals surface area contributed by atoms with E-state index in [4.69, 9.17) is 5.73 Å². The van der Waals surface area contributed by atoms with Gasteiger partial charge in [-0.15, -0.1) is 0 Å². The molecule has 5 heteroatoms. The molecule has 0 atom stereocenters. The van der Waals surface area contributed by atoms with Crippen molar-refractivity contribution in [3.05, 3.63) is 34.1 Å². The van der Waals surface area contributed by atoms with E-state index < -0.39 is 5.41 Å². The van der Waals surface area contributed by atoms with Crippen molar-refractivity contribution in [3.63, 3.8) is 0 Å². The number of hydrogen-bond acceptors (Lipinski definition) is 2. The van der Waals surface area contributed by atoms with Gasteiger partial charge in [0.1, 0.15) is 5.82 Å². The molecule has 0 saturated heterocycles. The molecule has 116 valence electrons. The van der Waals surface area contributed by atoms with Crippen molar-refractivity contribution in [2.75, 3.05) is 6.54 Å². The molecule has 0 unspecified atom stereocenters. The molecule has 21 heavy (non-hydrogen) atoms. The Kier molecular flexibility index (Phi) is 5.38. The summed E-state index contributed by atoms with van der Waals surface area (Å²) >= 11 is 3.31. The summed E-state index contributed by atoms with van der Waals surface area (Å²) in [5.41, 5.74) is 5.87. The topological polar surface area (TPSA) is 55.1 Å². The summed E-state index contributed by atoms with van der Waals surface area (Å²) in [4.78, 5) is 12.5. The van der Waals surface area contributed by atoms with Crippen LogP contribution < -0.4 is 11.1 Å². The molecular weight excluding hydrogens is 335 g/mol. The van der Waals surface area contributed by atoms with Crippen LogP contribution in [-0.2, 0) is 11.3 Å². The second-order valence-corrected chi connectivity index (χ2v) is 7.00. The van der Waals surface area contributed by atoms with Crippen LogP contribution in [0.4, 0.5) is 4.39 Å². The van der Waals surface area contributed by atoms with E-state index in [0.717, 1.165) is 30.2 Å². The van der Waals surface area contributed by atoms with Crippen LogP contribution >= 0.6 is 15.9 Å². The lowest BCUT2D eigenvalue weighted by Gasteiger charge is -2.37. The maximum Gasteiger partial charge on any atom is 0.227 e. The molecule has 1 saturated carbocycles. The van der Waals surface area contributed by atoms with E-state index in [1.165, 1.54) is 6.07 Å². The van der Waals surface area contributed by atoms with Crippen molar-refractivity contribution in [3.8, 4) is 0 Å². The van der Waals surface area contributed by atoms with Crippen LogP contribution in [0.15, 0.2) is 22.7 Å². The van der Waals surface area contributed by atoms with Gasteiger partial charge in [0.2, 0.25) is 5.91 Å². The van der Waals surface area contributed by atoms with E-state index in [2.05, 4.69) is 28.2 Å². The number of nitrogens with two attached hydrogens (primary N) is 1. The van der Waals surface area contributed by atoms with E-state index in [1.807, 2.05) is 0 Å². The number of nitrogens with one attached hydrogen (secondary N) is 1. The predicted molar refractivity (Wildman–Crippen MR) is 85.1 cm³/mol. The van der Waals surface area contributed by atoms with Crippen LogP contribution in [0.5, 0.6) is 0 Å². The highest BCUT2D eigenvalue weighted by molar-refractivity contribution is 9.10. The zero-order valence-electron chi connectivity index (χ0n) is 12.3. The van der Waals surface area contributed by atoms with Gasteiger partial charge in [-0.05, 0) is 49.8 Å². The van der Waals surface area contributed by atoms with Crippen molar-refractivity contribution in [2.24, 2.45) is 17.1 Å². The SMILES string of the molecule is CC1CCC(CN)(C(=O)NCc2cc(Br)ccc2F)CC1. The first kappa shape index (κ1) is 16.4. The smallest absolute Gasteiger partial charge is 0.227 e. The lowest BCUT2D eigenvalue weighted by Crippen LogP contribution is -2.47. The lowest BCUT2D eigenvalue weighted by molar-refractivity contribution is -0.133. The highest BCUT2D eigenvalue weighted by Gasteiger charge is 2.39. The molecule has 1 aliphatic carbocycles. The van der Waals surface area contributed by atoms with Gasteiger partial charge in [-0.3, -0.25) is 4.79 Å². The molecule has 1 aliphatic rings. The summed E-state index contributed by atoms with van der Waals surface area (Å²) in [6.45, 7) is 2.75. The molecule has 1 fully saturated rings. The molecule has 2 rings (SSSR count). The monoisotopic (exact) mass is 356 g/mol. The number of benzene rings is 1. The Morgan fingerprint density at radius 3 is 2.76 bits per heavy atom. The number of hydrogen-bond donors (Lipinski definition) is 2. The summed E-state index contributed by atoms with van der Waals surface area (Å²) in [6, 6.07) is 4.73. The average Bonchev–Trinajstić information content (AvgIpc) is 2.49. The summed E-state index contributed by atoms with van der Waals surface area (Å²) in [6.07, 6.45) is 3.68. The maximum atomic E-state index is 13.7. The highest BCUT2D eigenvalue weighted by atomic mass is 79.9. The van der Waals surface area contributed by atoms with E-state index in [-0.39, 0.29) is 18.3 Å². The fraction of sp³-hybridized carbons (Fsp3) is 0.562. The van der Waals surface area contributed by atoms with Gasteiger partial charge in [0.25, 0.3) is 0 Å². The van der Waals surface area contributed by atoms with E-state index in [9.17, 15) is 9.18 Å². The van der Waals surface area contributed by atoms with Crippen LogP contribution in [0.3, 0.4) is 0 Å². The molecule has 1 aromatic carbocycles. The third kappa shape index (κ3) is 3.83. The van der Waals surface area contributed by atoms with Crippen molar-refractivity contribution < 1.29 is 9.18 Å². The molecule has 3 N–H and O–H groups in total. The van der Waals surface area contributed by atoms with Crippen molar-refractivity contribution >= 4 is 21.8 Å². The number of rotatable bonds is 4. The molecule has 0 aliphatic heterocycles. The fourth-order valence-corrected chi connectivity index (χ4v) is 3.29. The molecule has 0 spiro atoms. The largest absolute Gasteiger partial charge is 0.351 e. The Morgan fingerprint density at radius 1 is 1.48 bits per heavy atom. The Bertz CT molecular complexity index is 513. The molecular formula is C16H22BrFN2O. The minimum atomic E-state index is -0.477. The summed E-state index contributed by atoms with van der Waals surface area (Å²) in [7, 11) is 0. The first-order chi connectivity index (χ1) is 9.97. The minimum Gasteiger partial charge on any atom is -0.351 e. The van der Waals surface area contributed by atoms with Crippen LogP contribution in [0, 0.1) is 17.2 Å². The molecule has 1 amide bonds. The standard InChI is InChI=1S/C16H22BrFN2O/c1-11-4-6-16(10-19,7-5-11)15(21)20-9-12-8-13(17)2-3-14(12)18/h2-3,8,11H,4-7,9-10,19H2,1H3,(H,20,21). The van der Waals surface area contributed by atoms with Gasteiger partial charge in [0, 0.05) is 23.1 Å². The first-order valence-corrected chi connectivity index (χ1v) is 8.18. The molecule has 0 radical (unpaired) electrons. The van der Waals surface area contributed by atoms with E-state index in [0.29, 0.717) is 18.0 Å². The molecule has 3 nitrogen and oxygen atoms in total. The Hall–Kier alpha value is -0.940. The third-order valence-electron chi connectivity index (χ3n) is 4.55. The van der Waals surface area contributed by atoms with Crippen LogP contribution in [0.1, 0.15) is 38.2 Å². The third-order valence-corrected chi connectivity index (χ3v) is 5.04. The summed E-state index contributed by atoms with van der Waals surface area (Å²) in [5.74, 6) is 0.300. The summed E-state index contributed by atoms with van der Waals surface area (Å²) in [5, 5.41) is 2.86. The molecule has 0 bridgehead atoms. The molecule has 0 heterocycles. The second kappa shape index (κ2) is 6.88. The fourth-order valence-electron chi connectivity index (χ4n) is 2.88. The predicted octanol–water partition coefficient (Wildman–Crippen LogP) is 3.36. The van der Waals surface area contributed by atoms with Crippen LogP contribution in [-0.4, -0.2) is 12.5 Å². The minimum absolute atomic E-state index is 0.0451. The Balaban J connectivity index is 2.01. The normalized spacial score (nSPS) is 25.6. The quantitative estimate of drug-likeness (QED) is 0.868. The Morgan fingerprint density at radius 2 is 2.14 bits per heavy atom. The van der Waals surface area contributed by atoms with E-state index >= 15 is 0 Å². The van der Waals surface area contributed by atoms with Gasteiger partial charge in [-0.1, -0.05) is 22.9 Å². The van der Waals surface area contributed by atoms with Gasteiger partial charge in [-0.2, -0.15) is 0 Å². The van der Waals surface area contributed by atoms with Gasteiger partial charge < -0.3 is 11.1 Å². The molecule has 0 aromatic heterocycles. The average molecular weight is 357 g/mol. The number of halogens is 2. The van der Waals surface area contributed by atoms with Crippen LogP contribution in [0.25, 0.3) is 0 Å². The van der Waals surface area contributed by atoms with Gasteiger partial charge in [-0.25, -0.2) is 4.39 Å². The molecule has 1 aromatic rings. The van der Waals surface area contributed by atoms with Gasteiger partial charge >= 0.3 is 0 Å². The van der Waals surface area contributed by atoms with Crippen molar-refractivity contribution in [1.82, 2.24) is 5.32 Å². The summed E-state index contributed by atoms with van der Waals surface area (Å²) < 4.78 is 14.5. The van der Waals surface area contributed by atoms with Crippen LogP contribution in [0.2, 0.25) is 0 Å². The van der Waals surface area contributed by atoms with E-state index in [1.54, 1.807) is 12.1 Å². The number of carbonyl (C=O) groups is 1. The van der Waals surface area contributed by atoms with Gasteiger partial charge in [0.15, 0.2) is 0 Å². The Labute approximate surface area is 133 Å². The zero-order valence-corrected chi connectivity index (χ0v) is 13.9.